The molecule has 1 N–H and O–H groups in total. The van der Waals surface area contributed by atoms with Gasteiger partial charge in [-0.25, -0.2) is 13.4 Å². The third kappa shape index (κ3) is 2.34. The van der Waals surface area contributed by atoms with Crippen molar-refractivity contribution in [3.05, 3.63) is 24.0 Å². The number of H-pyrrole nitrogens is 1. The van der Waals surface area contributed by atoms with Gasteiger partial charge in [-0.2, -0.15) is 0 Å². The van der Waals surface area contributed by atoms with E-state index in [0.29, 0.717) is 4.90 Å². The fraction of sp³-hybridized carbons (Fsp3) is 0.417. The molecule has 1 aromatic heterocycles. The van der Waals surface area contributed by atoms with E-state index in [1.165, 1.54) is 6.26 Å². The number of aromatic amines is 1. The highest BCUT2D eigenvalue weighted by molar-refractivity contribution is 7.90. The first-order valence-electron chi connectivity index (χ1n) is 5.38. The average Bonchev–Trinajstić information content (AvgIpc) is 2.57. The van der Waals surface area contributed by atoms with Gasteiger partial charge in [0.2, 0.25) is 0 Å². The van der Waals surface area contributed by atoms with Gasteiger partial charge < -0.3 is 4.98 Å². The lowest BCUT2D eigenvalue weighted by Crippen LogP contribution is -2.12. The Balaban J connectivity index is 2.64. The molecule has 17 heavy (non-hydrogen) atoms. The molecule has 2 aromatic rings. The Labute approximate surface area is 101 Å². The quantitative estimate of drug-likeness (QED) is 0.846. The fourth-order valence-corrected chi connectivity index (χ4v) is 2.22. The number of fused-ring (bicyclic) bond motifs is 1. The van der Waals surface area contributed by atoms with E-state index in [2.05, 4.69) is 30.7 Å². The third-order valence-electron chi connectivity index (χ3n) is 2.59. The van der Waals surface area contributed by atoms with Gasteiger partial charge in [0.1, 0.15) is 5.82 Å². The molecule has 4 nitrogen and oxygen atoms in total. The Bertz CT molecular complexity index is 663. The SMILES string of the molecule is CC(C)(C)c1nc2ccc(S(C)(=O)=O)cc2[nH]1. The van der Waals surface area contributed by atoms with Gasteiger partial charge in [-0.15, -0.1) is 0 Å². The van der Waals surface area contributed by atoms with Crippen LogP contribution in [-0.2, 0) is 15.3 Å². The molecule has 0 spiro atoms. The molecule has 0 saturated heterocycles. The van der Waals surface area contributed by atoms with Crippen LogP contribution in [0, 0.1) is 0 Å². The molecule has 92 valence electrons. The van der Waals surface area contributed by atoms with Gasteiger partial charge in [-0.05, 0) is 18.2 Å². The lowest BCUT2D eigenvalue weighted by atomic mass is 9.96. The summed E-state index contributed by atoms with van der Waals surface area (Å²) in [4.78, 5) is 7.94. The van der Waals surface area contributed by atoms with Gasteiger partial charge in [-0.3, -0.25) is 0 Å². The maximum absolute atomic E-state index is 11.4. The molecule has 1 aromatic carbocycles. The van der Waals surface area contributed by atoms with E-state index in [1.807, 2.05) is 0 Å². The zero-order chi connectivity index (χ0) is 12.8. The van der Waals surface area contributed by atoms with E-state index < -0.39 is 9.84 Å². The van der Waals surface area contributed by atoms with Crippen LogP contribution >= 0.6 is 0 Å². The number of imidazole rings is 1. The summed E-state index contributed by atoms with van der Waals surface area (Å²) in [6, 6.07) is 4.95. The highest BCUT2D eigenvalue weighted by Gasteiger charge is 2.18. The molecular formula is C12H16N2O2S. The van der Waals surface area contributed by atoms with Gasteiger partial charge >= 0.3 is 0 Å². The molecule has 0 aliphatic rings. The molecule has 0 aliphatic heterocycles. The normalized spacial score (nSPS) is 13.2. The van der Waals surface area contributed by atoms with Crippen LogP contribution in [-0.4, -0.2) is 24.6 Å². The first-order valence-corrected chi connectivity index (χ1v) is 7.27. The second-order valence-electron chi connectivity index (χ2n) is 5.29. The van der Waals surface area contributed by atoms with Gasteiger partial charge in [0, 0.05) is 11.7 Å². The summed E-state index contributed by atoms with van der Waals surface area (Å²) in [7, 11) is -3.17. The highest BCUT2D eigenvalue weighted by Crippen LogP contribution is 2.24. The Kier molecular flexibility index (Phi) is 2.54. The number of benzene rings is 1. The standard InChI is InChI=1S/C12H16N2O2S/c1-12(2,3)11-13-9-6-5-8(17(4,15)16)7-10(9)14-11/h5-7H,1-4H3,(H,13,14). The number of aromatic nitrogens is 2. The number of nitrogens with zero attached hydrogens (tertiary/aromatic N) is 1. The van der Waals surface area contributed by atoms with E-state index in [-0.39, 0.29) is 5.41 Å². The van der Waals surface area contributed by atoms with E-state index in [9.17, 15) is 8.42 Å². The van der Waals surface area contributed by atoms with Crippen molar-refractivity contribution >= 4 is 20.9 Å². The Morgan fingerprint density at radius 1 is 1.24 bits per heavy atom. The molecule has 5 heteroatoms. The first-order chi connectivity index (χ1) is 7.68. The molecule has 1 heterocycles. The van der Waals surface area contributed by atoms with Crippen LogP contribution in [0.15, 0.2) is 23.1 Å². The van der Waals surface area contributed by atoms with Crippen molar-refractivity contribution in [1.29, 1.82) is 0 Å². The molecule has 0 radical (unpaired) electrons. The van der Waals surface area contributed by atoms with Crippen molar-refractivity contribution in [2.24, 2.45) is 0 Å². The zero-order valence-corrected chi connectivity index (χ0v) is 11.2. The molecule has 0 bridgehead atoms. The van der Waals surface area contributed by atoms with E-state index in [1.54, 1.807) is 18.2 Å². The minimum absolute atomic E-state index is 0.0791. The minimum atomic E-state index is -3.17. The molecule has 0 fully saturated rings. The largest absolute Gasteiger partial charge is 0.341 e. The predicted molar refractivity (Wildman–Crippen MR) is 67.9 cm³/mol. The molecule has 0 amide bonds. The number of sulfone groups is 1. The first kappa shape index (κ1) is 12.1. The van der Waals surface area contributed by atoms with Gasteiger partial charge in [0.25, 0.3) is 0 Å². The van der Waals surface area contributed by atoms with E-state index in [4.69, 9.17) is 0 Å². The molecule has 0 aliphatic carbocycles. The summed E-state index contributed by atoms with van der Waals surface area (Å²) in [6.07, 6.45) is 1.20. The average molecular weight is 252 g/mol. The van der Waals surface area contributed by atoms with Crippen LogP contribution in [0.1, 0.15) is 26.6 Å². The topological polar surface area (TPSA) is 62.8 Å². The summed E-state index contributed by atoms with van der Waals surface area (Å²) in [6.45, 7) is 6.17. The summed E-state index contributed by atoms with van der Waals surface area (Å²) < 4.78 is 22.9. The molecule has 0 saturated carbocycles. The van der Waals surface area contributed by atoms with Crippen molar-refractivity contribution in [3.63, 3.8) is 0 Å². The van der Waals surface area contributed by atoms with Crippen molar-refractivity contribution in [1.82, 2.24) is 9.97 Å². The maximum Gasteiger partial charge on any atom is 0.175 e. The van der Waals surface area contributed by atoms with Gasteiger partial charge in [-0.1, -0.05) is 20.8 Å². The highest BCUT2D eigenvalue weighted by atomic mass is 32.2. The van der Waals surface area contributed by atoms with Crippen LogP contribution < -0.4 is 0 Å². The van der Waals surface area contributed by atoms with Crippen molar-refractivity contribution in [3.8, 4) is 0 Å². The smallest absolute Gasteiger partial charge is 0.175 e. The number of hydrogen-bond donors (Lipinski definition) is 1. The summed E-state index contributed by atoms with van der Waals surface area (Å²) in [5, 5.41) is 0. The summed E-state index contributed by atoms with van der Waals surface area (Å²) in [5.74, 6) is 0.859. The number of hydrogen-bond acceptors (Lipinski definition) is 3. The molecular weight excluding hydrogens is 236 g/mol. The summed E-state index contributed by atoms with van der Waals surface area (Å²) in [5.41, 5.74) is 1.48. The Morgan fingerprint density at radius 2 is 1.88 bits per heavy atom. The Hall–Kier alpha value is -1.36. The monoisotopic (exact) mass is 252 g/mol. The maximum atomic E-state index is 11.4. The zero-order valence-electron chi connectivity index (χ0n) is 10.4. The predicted octanol–water partition coefficient (Wildman–Crippen LogP) is 2.26. The molecule has 2 rings (SSSR count). The van der Waals surface area contributed by atoms with E-state index in [0.717, 1.165) is 16.9 Å². The second kappa shape index (κ2) is 3.57. The van der Waals surface area contributed by atoms with Crippen LogP contribution in [0.4, 0.5) is 0 Å². The fourth-order valence-electron chi connectivity index (χ4n) is 1.57. The lowest BCUT2D eigenvalue weighted by Gasteiger charge is -2.13. The van der Waals surface area contributed by atoms with E-state index >= 15 is 0 Å². The van der Waals surface area contributed by atoms with Crippen LogP contribution in [0.25, 0.3) is 11.0 Å². The van der Waals surface area contributed by atoms with Crippen LogP contribution in [0.3, 0.4) is 0 Å². The van der Waals surface area contributed by atoms with Gasteiger partial charge in [0.05, 0.1) is 15.9 Å². The second-order valence-corrected chi connectivity index (χ2v) is 7.30. The number of nitrogens with one attached hydrogen (secondary N) is 1. The molecule has 0 unspecified atom stereocenters. The lowest BCUT2D eigenvalue weighted by molar-refractivity contribution is 0.554. The third-order valence-corrected chi connectivity index (χ3v) is 3.70. The van der Waals surface area contributed by atoms with Crippen LogP contribution in [0.5, 0.6) is 0 Å². The Morgan fingerprint density at radius 3 is 2.41 bits per heavy atom. The van der Waals surface area contributed by atoms with Crippen molar-refractivity contribution < 1.29 is 8.42 Å². The van der Waals surface area contributed by atoms with Gasteiger partial charge in [0.15, 0.2) is 9.84 Å². The van der Waals surface area contributed by atoms with Crippen LogP contribution in [0.2, 0.25) is 0 Å². The van der Waals surface area contributed by atoms with Crippen molar-refractivity contribution in [2.75, 3.05) is 6.26 Å². The summed E-state index contributed by atoms with van der Waals surface area (Å²) >= 11 is 0. The van der Waals surface area contributed by atoms with Crippen molar-refractivity contribution in [2.45, 2.75) is 31.1 Å². The number of rotatable bonds is 1. The minimum Gasteiger partial charge on any atom is -0.341 e. The molecule has 0 atom stereocenters.